The largest absolute Gasteiger partial charge is 0.340 e. The average Bonchev–Trinajstić information content (AvgIpc) is 2.64. The van der Waals surface area contributed by atoms with Crippen LogP contribution in [0.2, 0.25) is 0 Å². The van der Waals surface area contributed by atoms with Gasteiger partial charge in [0.1, 0.15) is 0 Å². The van der Waals surface area contributed by atoms with Crippen molar-refractivity contribution in [3.8, 4) is 0 Å². The molecule has 1 N–H and O–H groups in total. The molecule has 1 fully saturated rings. The van der Waals surface area contributed by atoms with Crippen LogP contribution in [0.5, 0.6) is 0 Å². The van der Waals surface area contributed by atoms with E-state index >= 15 is 0 Å². The Hall–Kier alpha value is -0.610. The van der Waals surface area contributed by atoms with Crippen molar-refractivity contribution in [1.29, 1.82) is 0 Å². The predicted octanol–water partition coefficient (Wildman–Crippen LogP) is -0.243. The molecular weight excluding hydrogens is 178 g/mol. The molecule has 4 heteroatoms. The third kappa shape index (κ3) is 2.45. The zero-order chi connectivity index (χ0) is 10.7. The summed E-state index contributed by atoms with van der Waals surface area (Å²) in [7, 11) is 5.96. The molecule has 0 aromatic rings. The van der Waals surface area contributed by atoms with E-state index in [1.54, 1.807) is 0 Å². The van der Waals surface area contributed by atoms with Crippen LogP contribution in [0.25, 0.3) is 0 Å². The van der Waals surface area contributed by atoms with E-state index in [-0.39, 0.29) is 11.9 Å². The van der Waals surface area contributed by atoms with Gasteiger partial charge in [0.15, 0.2) is 0 Å². The molecule has 0 spiro atoms. The molecule has 1 saturated heterocycles. The summed E-state index contributed by atoms with van der Waals surface area (Å²) in [4.78, 5) is 15.9. The number of carbonyl (C=O) groups excluding carboxylic acids is 1. The Balaban J connectivity index is 2.45. The van der Waals surface area contributed by atoms with Crippen molar-refractivity contribution in [2.75, 3.05) is 34.2 Å². The van der Waals surface area contributed by atoms with E-state index in [9.17, 15) is 4.79 Å². The van der Waals surface area contributed by atoms with Gasteiger partial charge in [0.25, 0.3) is 0 Å². The SMILES string of the molecule is CNC(C)C(=O)N1CCC(N(C)C)C1. The van der Waals surface area contributed by atoms with Crippen LogP contribution in [0.4, 0.5) is 0 Å². The lowest BCUT2D eigenvalue weighted by Gasteiger charge is -2.22. The fourth-order valence-corrected chi connectivity index (χ4v) is 1.76. The van der Waals surface area contributed by atoms with Crippen LogP contribution in [0, 0.1) is 0 Å². The number of hydrogen-bond acceptors (Lipinski definition) is 3. The summed E-state index contributed by atoms with van der Waals surface area (Å²) in [5.74, 6) is 0.219. The summed E-state index contributed by atoms with van der Waals surface area (Å²) in [5, 5.41) is 2.98. The molecule has 0 saturated carbocycles. The number of rotatable bonds is 3. The Morgan fingerprint density at radius 2 is 2.21 bits per heavy atom. The van der Waals surface area contributed by atoms with E-state index in [0.29, 0.717) is 6.04 Å². The smallest absolute Gasteiger partial charge is 0.239 e. The molecule has 0 radical (unpaired) electrons. The fourth-order valence-electron chi connectivity index (χ4n) is 1.76. The number of likely N-dealkylation sites (tertiary alicyclic amines) is 1. The monoisotopic (exact) mass is 199 g/mol. The maximum atomic E-state index is 11.8. The van der Waals surface area contributed by atoms with Crippen LogP contribution < -0.4 is 5.32 Å². The Morgan fingerprint density at radius 3 is 2.64 bits per heavy atom. The standard InChI is InChI=1S/C10H21N3O/c1-8(11-2)10(14)13-6-5-9(7-13)12(3)4/h8-9,11H,5-7H2,1-4H3. The second kappa shape index (κ2) is 4.75. The summed E-state index contributed by atoms with van der Waals surface area (Å²) in [6, 6.07) is 0.471. The number of nitrogens with zero attached hydrogens (tertiary/aromatic N) is 2. The number of amides is 1. The highest BCUT2D eigenvalue weighted by Crippen LogP contribution is 2.13. The van der Waals surface area contributed by atoms with Crippen LogP contribution >= 0.6 is 0 Å². The maximum Gasteiger partial charge on any atom is 0.239 e. The Bertz CT molecular complexity index is 206. The Labute approximate surface area is 86.2 Å². The van der Waals surface area contributed by atoms with Crippen molar-refractivity contribution in [3.05, 3.63) is 0 Å². The van der Waals surface area contributed by atoms with Gasteiger partial charge in [-0.15, -0.1) is 0 Å². The van der Waals surface area contributed by atoms with Crippen molar-refractivity contribution in [1.82, 2.24) is 15.1 Å². The molecule has 0 aromatic heterocycles. The highest BCUT2D eigenvalue weighted by molar-refractivity contribution is 5.81. The molecule has 1 aliphatic rings. The molecule has 0 aromatic carbocycles. The highest BCUT2D eigenvalue weighted by atomic mass is 16.2. The molecule has 0 bridgehead atoms. The summed E-state index contributed by atoms with van der Waals surface area (Å²) >= 11 is 0. The van der Waals surface area contributed by atoms with Crippen molar-refractivity contribution >= 4 is 5.91 Å². The van der Waals surface area contributed by atoms with Gasteiger partial charge in [-0.3, -0.25) is 4.79 Å². The minimum Gasteiger partial charge on any atom is -0.340 e. The van der Waals surface area contributed by atoms with Gasteiger partial charge in [-0.1, -0.05) is 0 Å². The molecule has 82 valence electrons. The lowest BCUT2D eigenvalue weighted by atomic mass is 10.2. The first-order valence-electron chi connectivity index (χ1n) is 5.18. The quantitative estimate of drug-likeness (QED) is 0.681. The zero-order valence-electron chi connectivity index (χ0n) is 9.58. The highest BCUT2D eigenvalue weighted by Gasteiger charge is 2.29. The minimum absolute atomic E-state index is 0.0593. The molecule has 4 nitrogen and oxygen atoms in total. The molecule has 2 atom stereocenters. The first-order chi connectivity index (χ1) is 6.56. The molecule has 14 heavy (non-hydrogen) atoms. The van der Waals surface area contributed by atoms with Gasteiger partial charge < -0.3 is 15.1 Å². The number of nitrogens with one attached hydrogen (secondary N) is 1. The van der Waals surface area contributed by atoms with E-state index < -0.39 is 0 Å². The van der Waals surface area contributed by atoms with Crippen LogP contribution in [0.3, 0.4) is 0 Å². The van der Waals surface area contributed by atoms with Crippen molar-refractivity contribution in [2.24, 2.45) is 0 Å². The summed E-state index contributed by atoms with van der Waals surface area (Å²) < 4.78 is 0. The molecule has 1 amide bonds. The number of hydrogen-bond donors (Lipinski definition) is 1. The average molecular weight is 199 g/mol. The van der Waals surface area contributed by atoms with Gasteiger partial charge >= 0.3 is 0 Å². The van der Waals surface area contributed by atoms with Gasteiger partial charge in [-0.05, 0) is 34.5 Å². The Morgan fingerprint density at radius 1 is 1.57 bits per heavy atom. The zero-order valence-corrected chi connectivity index (χ0v) is 9.58. The second-order valence-corrected chi connectivity index (χ2v) is 4.20. The predicted molar refractivity (Wildman–Crippen MR) is 57.2 cm³/mol. The van der Waals surface area contributed by atoms with Crippen LogP contribution in [0.1, 0.15) is 13.3 Å². The van der Waals surface area contributed by atoms with Crippen molar-refractivity contribution in [3.63, 3.8) is 0 Å². The Kier molecular flexibility index (Phi) is 3.89. The minimum atomic E-state index is -0.0593. The van der Waals surface area contributed by atoms with Crippen molar-refractivity contribution < 1.29 is 4.79 Å². The van der Waals surface area contributed by atoms with Gasteiger partial charge in [0, 0.05) is 19.1 Å². The van der Waals surface area contributed by atoms with Gasteiger partial charge in [0.05, 0.1) is 6.04 Å². The first-order valence-corrected chi connectivity index (χ1v) is 5.18. The van der Waals surface area contributed by atoms with E-state index in [2.05, 4.69) is 24.3 Å². The normalized spacial score (nSPS) is 24.4. The van der Waals surface area contributed by atoms with Gasteiger partial charge in [0.2, 0.25) is 5.91 Å². The van der Waals surface area contributed by atoms with Crippen molar-refractivity contribution in [2.45, 2.75) is 25.4 Å². The molecule has 1 aliphatic heterocycles. The fraction of sp³-hybridized carbons (Fsp3) is 0.900. The number of carbonyl (C=O) groups is 1. The third-order valence-corrected chi connectivity index (χ3v) is 3.01. The third-order valence-electron chi connectivity index (χ3n) is 3.01. The van der Waals surface area contributed by atoms with Crippen LogP contribution in [0.15, 0.2) is 0 Å². The topological polar surface area (TPSA) is 35.6 Å². The molecule has 1 rings (SSSR count). The lowest BCUT2D eigenvalue weighted by molar-refractivity contribution is -0.131. The van der Waals surface area contributed by atoms with Gasteiger partial charge in [-0.25, -0.2) is 0 Å². The van der Waals surface area contributed by atoms with E-state index in [4.69, 9.17) is 0 Å². The summed E-state index contributed by atoms with van der Waals surface area (Å²) in [6.07, 6.45) is 1.09. The molecule has 0 aliphatic carbocycles. The second-order valence-electron chi connectivity index (χ2n) is 4.20. The van der Waals surface area contributed by atoms with E-state index in [1.807, 2.05) is 18.9 Å². The molecule has 1 heterocycles. The van der Waals surface area contributed by atoms with Crippen LogP contribution in [-0.2, 0) is 4.79 Å². The molecular formula is C10H21N3O. The summed E-state index contributed by atoms with van der Waals surface area (Å²) in [6.45, 7) is 3.68. The van der Waals surface area contributed by atoms with E-state index in [0.717, 1.165) is 19.5 Å². The molecule has 2 unspecified atom stereocenters. The number of likely N-dealkylation sites (N-methyl/N-ethyl adjacent to an activating group) is 2. The maximum absolute atomic E-state index is 11.8. The van der Waals surface area contributed by atoms with Crippen LogP contribution in [-0.4, -0.2) is 62.0 Å². The summed E-state index contributed by atoms with van der Waals surface area (Å²) in [5.41, 5.74) is 0. The van der Waals surface area contributed by atoms with Gasteiger partial charge in [-0.2, -0.15) is 0 Å². The van der Waals surface area contributed by atoms with E-state index in [1.165, 1.54) is 0 Å². The lowest BCUT2D eigenvalue weighted by Crippen LogP contribution is -2.43. The first kappa shape index (κ1) is 11.5.